The van der Waals surface area contributed by atoms with Gasteiger partial charge in [-0.2, -0.15) is 10.2 Å². The van der Waals surface area contributed by atoms with Crippen molar-refractivity contribution in [1.82, 2.24) is 29.8 Å². The number of rotatable bonds is 10. The van der Waals surface area contributed by atoms with E-state index in [2.05, 4.69) is 46.1 Å². The lowest BCUT2D eigenvalue weighted by atomic mass is 9.86. The summed E-state index contributed by atoms with van der Waals surface area (Å²) in [6.07, 6.45) is 14.5. The molecule has 236 valence electrons. The lowest BCUT2D eigenvalue weighted by Crippen LogP contribution is -2.31. The van der Waals surface area contributed by atoms with Gasteiger partial charge in [0.2, 0.25) is 0 Å². The highest BCUT2D eigenvalue weighted by Gasteiger charge is 2.25. The average Bonchev–Trinajstić information content (AvgIpc) is 3.61. The Hall–Kier alpha value is -5.22. The van der Waals surface area contributed by atoms with Crippen LogP contribution in [0.3, 0.4) is 0 Å². The maximum atomic E-state index is 12.6. The quantitative estimate of drug-likeness (QED) is 0.260. The summed E-state index contributed by atoms with van der Waals surface area (Å²) >= 11 is 0. The van der Waals surface area contributed by atoms with Crippen LogP contribution < -0.4 is 15.4 Å². The van der Waals surface area contributed by atoms with Crippen molar-refractivity contribution in [3.63, 3.8) is 0 Å². The molecule has 4 aromatic rings. The van der Waals surface area contributed by atoms with E-state index in [0.29, 0.717) is 23.7 Å². The predicted molar refractivity (Wildman–Crippen MR) is 183 cm³/mol. The molecular weight excluding hydrogens is 576 g/mol. The van der Waals surface area contributed by atoms with Gasteiger partial charge in [0.15, 0.2) is 0 Å². The van der Waals surface area contributed by atoms with Gasteiger partial charge in [0.05, 0.1) is 30.4 Å². The molecule has 0 unspecified atom stereocenters. The van der Waals surface area contributed by atoms with Crippen LogP contribution in [0.15, 0.2) is 89.5 Å². The summed E-state index contributed by atoms with van der Waals surface area (Å²) < 4.78 is 9.48. The molecule has 6 rings (SSSR count). The molecule has 0 bridgehead atoms. The zero-order valence-corrected chi connectivity index (χ0v) is 27.0. The zero-order chi connectivity index (χ0) is 32.2. The normalized spacial score (nSPS) is 16.5. The van der Waals surface area contributed by atoms with Gasteiger partial charge in [-0.05, 0) is 73.5 Å². The molecule has 0 saturated carbocycles. The maximum absolute atomic E-state index is 12.6. The number of aliphatic imine (C=N–C) groups is 1. The number of likely N-dealkylation sites (N-methyl/N-ethyl adjacent to an activating group) is 1. The minimum absolute atomic E-state index is 0.134. The summed E-state index contributed by atoms with van der Waals surface area (Å²) in [5, 5.41) is 15.6. The molecule has 3 heterocycles. The first-order valence-corrected chi connectivity index (χ1v) is 15.5. The number of amides is 1. The van der Waals surface area contributed by atoms with Gasteiger partial charge in [-0.15, -0.1) is 0 Å². The molecule has 0 spiro atoms. The molecular formula is C36H40N8O2. The monoisotopic (exact) mass is 616 g/mol. The Kier molecular flexibility index (Phi) is 8.98. The number of ether oxygens (including phenoxy) is 1. The number of benzene rings is 2. The van der Waals surface area contributed by atoms with Crippen molar-refractivity contribution in [2.24, 2.45) is 19.1 Å². The number of nitrogens with zero attached hydrogens (tertiary/aromatic N) is 6. The molecule has 0 saturated heterocycles. The van der Waals surface area contributed by atoms with E-state index >= 15 is 0 Å². The number of allylic oxidation sites excluding steroid dienone is 5. The van der Waals surface area contributed by atoms with Crippen LogP contribution in [0.5, 0.6) is 5.75 Å². The molecule has 2 N–H and O–H groups in total. The van der Waals surface area contributed by atoms with Crippen LogP contribution in [0.2, 0.25) is 0 Å². The van der Waals surface area contributed by atoms with E-state index in [0.717, 1.165) is 53.9 Å². The highest BCUT2D eigenvalue weighted by molar-refractivity contribution is 5.98. The number of fused-ring (bicyclic) bond motifs is 2. The molecule has 2 aliphatic rings. The van der Waals surface area contributed by atoms with Crippen LogP contribution in [-0.2, 0) is 26.9 Å². The van der Waals surface area contributed by atoms with Gasteiger partial charge < -0.3 is 20.3 Å². The summed E-state index contributed by atoms with van der Waals surface area (Å²) in [7, 11) is 9.52. The number of carbonyl (C=O) groups excluding carboxylic acids is 1. The van der Waals surface area contributed by atoms with Crippen molar-refractivity contribution in [3.8, 4) is 16.9 Å². The van der Waals surface area contributed by atoms with Crippen LogP contribution >= 0.6 is 0 Å². The molecule has 0 radical (unpaired) electrons. The molecule has 1 aliphatic heterocycles. The van der Waals surface area contributed by atoms with Gasteiger partial charge in [0.1, 0.15) is 11.6 Å². The summed E-state index contributed by atoms with van der Waals surface area (Å²) in [6, 6.07) is 14.0. The smallest absolute Gasteiger partial charge is 0.251 e. The van der Waals surface area contributed by atoms with Gasteiger partial charge in [-0.25, -0.2) is 4.99 Å². The highest BCUT2D eigenvalue weighted by Crippen LogP contribution is 2.36. The molecule has 10 nitrogen and oxygen atoms in total. The highest BCUT2D eigenvalue weighted by atomic mass is 16.5. The molecule has 10 heteroatoms. The molecule has 46 heavy (non-hydrogen) atoms. The second kappa shape index (κ2) is 13.4. The van der Waals surface area contributed by atoms with Crippen molar-refractivity contribution in [1.29, 1.82) is 0 Å². The number of anilines is 1. The molecule has 0 fully saturated rings. The first-order chi connectivity index (χ1) is 22.3. The van der Waals surface area contributed by atoms with E-state index in [9.17, 15) is 4.79 Å². The standard InChI is InChI=1S/C36H40N8O2/c1-42(2)17-16-37-36(45)26-12-14-30(33(20-26)46-5)40-34-11-7-10-29-27(21-38-34)13-15-31-35(29)32(44(4)41-31)19-24-8-6-9-25(18-24)28-22-39-43(3)23-28/h6-12,14,18,20-23H,13,15-17,19H2,1-5H3,(H,37,45)(H,38,40). The van der Waals surface area contributed by atoms with Crippen LogP contribution in [0, 0.1) is 0 Å². The fourth-order valence-electron chi connectivity index (χ4n) is 5.87. The third-order valence-electron chi connectivity index (χ3n) is 8.27. The number of aryl methyl sites for hydroxylation is 3. The SMILES string of the molecule is COc1cc(C(=O)NCCN(C)C)ccc1NC1=C/C=C/C2=C(/C=N\1)CCc1nn(C)c(Cc3cccc(-c4cnn(C)c4)c3)c12. The number of carbonyl (C=O) groups is 1. The lowest BCUT2D eigenvalue weighted by Gasteiger charge is -2.19. The van der Waals surface area contributed by atoms with Crippen LogP contribution in [0.4, 0.5) is 5.69 Å². The topological polar surface area (TPSA) is 102 Å². The Morgan fingerprint density at radius 2 is 1.96 bits per heavy atom. The predicted octanol–water partition coefficient (Wildman–Crippen LogP) is 5.01. The fourth-order valence-corrected chi connectivity index (χ4v) is 5.87. The van der Waals surface area contributed by atoms with E-state index in [-0.39, 0.29) is 5.91 Å². The van der Waals surface area contributed by atoms with Crippen LogP contribution in [-0.4, -0.2) is 70.9 Å². The average molecular weight is 617 g/mol. The van der Waals surface area contributed by atoms with E-state index in [1.54, 1.807) is 19.2 Å². The summed E-state index contributed by atoms with van der Waals surface area (Å²) in [6.45, 7) is 1.34. The lowest BCUT2D eigenvalue weighted by molar-refractivity contribution is 0.0950. The largest absolute Gasteiger partial charge is 0.495 e. The van der Waals surface area contributed by atoms with Crippen LogP contribution in [0.25, 0.3) is 16.7 Å². The van der Waals surface area contributed by atoms with Crippen molar-refractivity contribution < 1.29 is 9.53 Å². The van der Waals surface area contributed by atoms with E-state index < -0.39 is 0 Å². The van der Waals surface area contributed by atoms with E-state index in [1.165, 1.54) is 22.4 Å². The number of nitrogens with one attached hydrogen (secondary N) is 2. The maximum Gasteiger partial charge on any atom is 0.251 e. The van der Waals surface area contributed by atoms with Gasteiger partial charge in [0, 0.05) is 62.7 Å². The molecule has 2 aromatic carbocycles. The van der Waals surface area contributed by atoms with Gasteiger partial charge in [0.25, 0.3) is 5.91 Å². The van der Waals surface area contributed by atoms with E-state index in [1.807, 2.05) is 79.3 Å². The molecule has 1 amide bonds. The summed E-state index contributed by atoms with van der Waals surface area (Å²) in [5.41, 5.74) is 10.6. The second-order valence-electron chi connectivity index (χ2n) is 11.9. The molecule has 2 aromatic heterocycles. The Labute approximate surface area is 269 Å². The first kappa shape index (κ1) is 30.8. The van der Waals surface area contributed by atoms with Crippen molar-refractivity contribution >= 4 is 23.4 Å². The molecule has 0 atom stereocenters. The fraction of sp³-hybridized carbons (Fsp3) is 0.278. The van der Waals surface area contributed by atoms with Gasteiger partial charge in [-0.3, -0.25) is 14.2 Å². The minimum atomic E-state index is -0.134. The summed E-state index contributed by atoms with van der Waals surface area (Å²) in [4.78, 5) is 19.5. The first-order valence-electron chi connectivity index (χ1n) is 15.5. The van der Waals surface area contributed by atoms with Crippen molar-refractivity contribution in [2.45, 2.75) is 19.3 Å². The minimum Gasteiger partial charge on any atom is -0.495 e. The Balaban J connectivity index is 1.21. The van der Waals surface area contributed by atoms with Crippen LogP contribution in [0.1, 0.15) is 39.3 Å². The number of aromatic nitrogens is 4. The summed E-state index contributed by atoms with van der Waals surface area (Å²) in [5.74, 6) is 1.11. The third kappa shape index (κ3) is 6.72. The number of hydrogen-bond acceptors (Lipinski definition) is 7. The Bertz CT molecular complexity index is 1890. The Morgan fingerprint density at radius 1 is 1.09 bits per heavy atom. The third-order valence-corrected chi connectivity index (χ3v) is 8.27. The number of methoxy groups -OCH3 is 1. The van der Waals surface area contributed by atoms with Crippen molar-refractivity contribution in [3.05, 3.63) is 113 Å². The number of hydrogen-bond donors (Lipinski definition) is 2. The van der Waals surface area contributed by atoms with Crippen molar-refractivity contribution in [2.75, 3.05) is 39.6 Å². The Morgan fingerprint density at radius 3 is 2.74 bits per heavy atom. The zero-order valence-electron chi connectivity index (χ0n) is 27.0. The van der Waals surface area contributed by atoms with Gasteiger partial charge in [-0.1, -0.05) is 36.4 Å². The van der Waals surface area contributed by atoms with Gasteiger partial charge >= 0.3 is 0 Å². The van der Waals surface area contributed by atoms with E-state index in [4.69, 9.17) is 14.8 Å². The molecule has 1 aliphatic carbocycles. The second-order valence-corrected chi connectivity index (χ2v) is 11.9.